The van der Waals surface area contributed by atoms with Gasteiger partial charge in [-0.15, -0.1) is 0 Å². The van der Waals surface area contributed by atoms with Crippen molar-refractivity contribution in [3.05, 3.63) is 0 Å². The summed E-state index contributed by atoms with van der Waals surface area (Å²) < 4.78 is 10.9. The van der Waals surface area contributed by atoms with Crippen LogP contribution in [0.15, 0.2) is 0 Å². The van der Waals surface area contributed by atoms with Gasteiger partial charge in [0, 0.05) is 20.2 Å². The van der Waals surface area contributed by atoms with Crippen molar-refractivity contribution in [1.82, 2.24) is 4.90 Å². The lowest BCUT2D eigenvalue weighted by Crippen LogP contribution is -2.49. The second kappa shape index (κ2) is 15.1. The van der Waals surface area contributed by atoms with E-state index in [2.05, 4.69) is 11.8 Å². The Labute approximate surface area is 149 Å². The molecule has 0 aromatic rings. The average Bonchev–Trinajstić information content (AvgIpc) is 2.62. The number of hydrogen-bond acceptors (Lipinski definition) is 4. The predicted octanol–water partition coefficient (Wildman–Crippen LogP) is 4.35. The Morgan fingerprint density at radius 2 is 1.42 bits per heavy atom. The fourth-order valence-electron chi connectivity index (χ4n) is 3.46. The zero-order chi connectivity index (χ0) is 17.5. The van der Waals surface area contributed by atoms with E-state index in [4.69, 9.17) is 9.47 Å². The average molecular weight is 344 g/mol. The van der Waals surface area contributed by atoms with E-state index in [1.54, 1.807) is 7.11 Å². The molecule has 1 N–H and O–H groups in total. The molecule has 0 radical (unpaired) electrons. The Kier molecular flexibility index (Phi) is 13.8. The minimum Gasteiger partial charge on any atom is -0.394 e. The predicted molar refractivity (Wildman–Crippen MR) is 100 cm³/mol. The molecule has 2 atom stereocenters. The number of methoxy groups -OCH3 is 1. The number of ether oxygens (including phenoxy) is 2. The van der Waals surface area contributed by atoms with Crippen LogP contribution in [-0.4, -0.2) is 55.8 Å². The first kappa shape index (κ1) is 21.9. The summed E-state index contributed by atoms with van der Waals surface area (Å²) in [6, 6.07) is 0. The van der Waals surface area contributed by atoms with Crippen LogP contribution in [0.25, 0.3) is 0 Å². The van der Waals surface area contributed by atoms with Gasteiger partial charge in [-0.3, -0.25) is 4.90 Å². The van der Waals surface area contributed by atoms with Crippen molar-refractivity contribution in [3.8, 4) is 0 Å². The Morgan fingerprint density at radius 3 is 1.92 bits per heavy atom. The van der Waals surface area contributed by atoms with Crippen molar-refractivity contribution >= 4 is 0 Å². The van der Waals surface area contributed by atoms with Crippen molar-refractivity contribution in [2.24, 2.45) is 0 Å². The number of rotatable bonds is 15. The Hall–Kier alpha value is -0.160. The van der Waals surface area contributed by atoms with Gasteiger partial charge in [-0.05, 0) is 13.0 Å². The number of hydrogen-bond donors (Lipinski definition) is 1. The monoisotopic (exact) mass is 343 g/mol. The van der Waals surface area contributed by atoms with Crippen LogP contribution in [0.3, 0.4) is 0 Å². The molecule has 4 nitrogen and oxygen atoms in total. The highest BCUT2D eigenvalue weighted by Gasteiger charge is 2.26. The van der Waals surface area contributed by atoms with Crippen LogP contribution in [0.5, 0.6) is 0 Å². The van der Waals surface area contributed by atoms with Crippen LogP contribution in [-0.2, 0) is 9.47 Å². The summed E-state index contributed by atoms with van der Waals surface area (Å²) in [5, 5.41) is 9.29. The van der Waals surface area contributed by atoms with Gasteiger partial charge in [-0.2, -0.15) is 0 Å². The van der Waals surface area contributed by atoms with Gasteiger partial charge in [0.05, 0.1) is 12.7 Å². The van der Waals surface area contributed by atoms with E-state index in [0.717, 1.165) is 19.6 Å². The van der Waals surface area contributed by atoms with Crippen molar-refractivity contribution in [2.75, 3.05) is 33.4 Å². The van der Waals surface area contributed by atoms with Crippen LogP contribution in [0.4, 0.5) is 0 Å². The van der Waals surface area contributed by atoms with Crippen LogP contribution in [0.2, 0.25) is 0 Å². The zero-order valence-electron chi connectivity index (χ0n) is 16.2. The first-order valence-corrected chi connectivity index (χ1v) is 10.3. The molecule has 0 saturated carbocycles. The van der Waals surface area contributed by atoms with Gasteiger partial charge in [0.2, 0.25) is 0 Å². The van der Waals surface area contributed by atoms with Gasteiger partial charge in [-0.25, -0.2) is 0 Å². The Morgan fingerprint density at radius 1 is 0.875 bits per heavy atom. The molecule has 1 aliphatic heterocycles. The third-order valence-electron chi connectivity index (χ3n) is 5.01. The molecule has 2 unspecified atom stereocenters. The summed E-state index contributed by atoms with van der Waals surface area (Å²) in [6.45, 7) is 5.10. The molecular formula is C20H41NO3. The number of nitrogens with zero attached hydrogens (tertiary/aromatic N) is 1. The van der Waals surface area contributed by atoms with Gasteiger partial charge in [0.15, 0.2) is 6.29 Å². The maximum absolute atomic E-state index is 9.29. The molecule has 1 rings (SSSR count). The van der Waals surface area contributed by atoms with Crippen molar-refractivity contribution < 1.29 is 14.6 Å². The highest BCUT2D eigenvalue weighted by Crippen LogP contribution is 2.14. The number of unbranched alkanes of at least 4 members (excludes halogenated alkanes) is 11. The maximum Gasteiger partial charge on any atom is 0.170 e. The minimum absolute atomic E-state index is 0.0782. The third kappa shape index (κ3) is 10.7. The molecule has 0 amide bonds. The number of morpholine rings is 1. The third-order valence-corrected chi connectivity index (χ3v) is 5.01. The van der Waals surface area contributed by atoms with Crippen molar-refractivity contribution in [3.63, 3.8) is 0 Å². The molecule has 0 bridgehead atoms. The molecule has 0 aromatic heterocycles. The van der Waals surface area contributed by atoms with E-state index < -0.39 is 0 Å². The minimum atomic E-state index is -0.187. The van der Waals surface area contributed by atoms with E-state index in [1.807, 2.05) is 0 Å². The lowest BCUT2D eigenvalue weighted by atomic mass is 10.1. The topological polar surface area (TPSA) is 41.9 Å². The van der Waals surface area contributed by atoms with E-state index in [9.17, 15) is 5.11 Å². The normalized spacial score (nSPS) is 22.1. The SMILES string of the molecule is CCCCCCCCCCCCCCN1CC(CO)OC(OC)C1. The van der Waals surface area contributed by atoms with Gasteiger partial charge >= 0.3 is 0 Å². The molecule has 0 spiro atoms. The van der Waals surface area contributed by atoms with E-state index in [0.29, 0.717) is 0 Å². The van der Waals surface area contributed by atoms with Gasteiger partial charge < -0.3 is 14.6 Å². The fraction of sp³-hybridized carbons (Fsp3) is 1.00. The van der Waals surface area contributed by atoms with Gasteiger partial charge in [0.1, 0.15) is 0 Å². The standard InChI is InChI=1S/C20H41NO3/c1-3-4-5-6-7-8-9-10-11-12-13-14-15-21-16-19(18-22)24-20(17-21)23-2/h19-20,22H,3-18H2,1-2H3. The molecule has 144 valence electrons. The van der Waals surface area contributed by atoms with E-state index in [1.165, 1.54) is 77.0 Å². The van der Waals surface area contributed by atoms with E-state index >= 15 is 0 Å². The summed E-state index contributed by atoms with van der Waals surface area (Å²) in [5.41, 5.74) is 0. The van der Waals surface area contributed by atoms with Crippen LogP contribution in [0.1, 0.15) is 84.0 Å². The smallest absolute Gasteiger partial charge is 0.170 e. The molecule has 1 fully saturated rings. The Balaban J connectivity index is 1.89. The lowest BCUT2D eigenvalue weighted by molar-refractivity contribution is -0.205. The largest absolute Gasteiger partial charge is 0.394 e. The molecule has 0 aliphatic carbocycles. The number of aliphatic hydroxyl groups is 1. The molecule has 1 heterocycles. The van der Waals surface area contributed by atoms with Crippen LogP contribution >= 0.6 is 0 Å². The van der Waals surface area contributed by atoms with Gasteiger partial charge in [0.25, 0.3) is 0 Å². The Bertz CT molecular complexity index is 264. The fourth-order valence-corrected chi connectivity index (χ4v) is 3.46. The molecule has 1 saturated heterocycles. The molecule has 24 heavy (non-hydrogen) atoms. The van der Waals surface area contributed by atoms with Crippen molar-refractivity contribution in [2.45, 2.75) is 96.4 Å². The summed E-state index contributed by atoms with van der Waals surface area (Å²) in [4.78, 5) is 2.37. The summed E-state index contributed by atoms with van der Waals surface area (Å²) in [7, 11) is 1.67. The molecule has 1 aliphatic rings. The lowest BCUT2D eigenvalue weighted by Gasteiger charge is -2.36. The first-order chi connectivity index (χ1) is 11.8. The van der Waals surface area contributed by atoms with E-state index in [-0.39, 0.29) is 19.0 Å². The van der Waals surface area contributed by atoms with Crippen molar-refractivity contribution in [1.29, 1.82) is 0 Å². The summed E-state index contributed by atoms with van der Waals surface area (Å²) in [6.07, 6.45) is 16.3. The quantitative estimate of drug-likeness (QED) is 0.449. The van der Waals surface area contributed by atoms with Crippen LogP contribution in [0, 0.1) is 0 Å². The molecular weight excluding hydrogens is 302 g/mol. The van der Waals surface area contributed by atoms with Gasteiger partial charge in [-0.1, -0.05) is 77.6 Å². The second-order valence-electron chi connectivity index (χ2n) is 7.25. The summed E-state index contributed by atoms with van der Waals surface area (Å²) >= 11 is 0. The number of aliphatic hydroxyl groups excluding tert-OH is 1. The molecule has 0 aromatic carbocycles. The maximum atomic E-state index is 9.29. The first-order valence-electron chi connectivity index (χ1n) is 10.3. The summed E-state index contributed by atoms with van der Waals surface area (Å²) in [5.74, 6) is 0. The molecule has 4 heteroatoms. The highest BCUT2D eigenvalue weighted by atomic mass is 16.7. The second-order valence-corrected chi connectivity index (χ2v) is 7.25. The zero-order valence-corrected chi connectivity index (χ0v) is 16.2. The van der Waals surface area contributed by atoms with Crippen LogP contribution < -0.4 is 0 Å². The highest BCUT2D eigenvalue weighted by molar-refractivity contribution is 4.73.